The number of piperazine rings is 1. The van der Waals surface area contributed by atoms with E-state index >= 15 is 0 Å². The number of aliphatic imine (C=N–C) groups is 2. The molecule has 6 aromatic rings. The van der Waals surface area contributed by atoms with E-state index in [-0.39, 0.29) is 12.4 Å². The molecule has 0 spiro atoms. The van der Waals surface area contributed by atoms with Gasteiger partial charge in [0.25, 0.3) is 0 Å². The van der Waals surface area contributed by atoms with Gasteiger partial charge in [0.2, 0.25) is 0 Å². The first kappa shape index (κ1) is 41.1. The molecule has 4 aliphatic heterocycles. The topological polar surface area (TPSA) is 77.7 Å². The van der Waals surface area contributed by atoms with Gasteiger partial charge >= 0.3 is 0 Å². The number of carbonyl (C=O) groups is 1. The van der Waals surface area contributed by atoms with Gasteiger partial charge in [0.05, 0.1) is 31.2 Å². The summed E-state index contributed by atoms with van der Waals surface area (Å²) in [6.45, 7) is 6.01. The summed E-state index contributed by atoms with van der Waals surface area (Å²) in [5.41, 5.74) is 6.20. The Bertz CT molecular complexity index is 2480. The fourth-order valence-corrected chi connectivity index (χ4v) is 10.5. The van der Waals surface area contributed by atoms with Gasteiger partial charge < -0.3 is 14.7 Å². The summed E-state index contributed by atoms with van der Waals surface area (Å²) in [6, 6.07) is 49.0. The first-order valence-corrected chi connectivity index (χ1v) is 22.5. The Balaban J connectivity index is 0.000000130. The van der Waals surface area contributed by atoms with Crippen LogP contribution in [0.1, 0.15) is 27.0 Å². The van der Waals surface area contributed by atoms with Crippen molar-refractivity contribution in [1.29, 1.82) is 0 Å². The maximum atomic E-state index is 12.1. The van der Waals surface area contributed by atoms with Crippen molar-refractivity contribution in [2.45, 2.75) is 35.8 Å². The number of ether oxygens (including phenoxy) is 1. The van der Waals surface area contributed by atoms with Crippen molar-refractivity contribution in [3.05, 3.63) is 168 Å². The second kappa shape index (κ2) is 20.1. The first-order chi connectivity index (χ1) is 29.0. The molecule has 0 amide bonds. The SMILES string of the molecule is ClC1=Nc2ccccc2Sc2ccccc21.O=C1Cc2ccccc2Sc2ccccc21.OCCOCCN1CCN(C2=Nc3ccccc3Sc3ccccc32)CC1. The van der Waals surface area contributed by atoms with Crippen LogP contribution < -0.4 is 0 Å². The predicted octanol–water partition coefficient (Wildman–Crippen LogP) is 10.9. The number of fused-ring (bicyclic) bond motifs is 6. The number of Topliss-reactive ketones (excluding diaryl/α,β-unsaturated/α-hetero) is 1. The zero-order valence-corrected chi connectivity index (χ0v) is 35.6. The van der Waals surface area contributed by atoms with Gasteiger partial charge in [-0.2, -0.15) is 0 Å². The van der Waals surface area contributed by atoms with Crippen molar-refractivity contribution in [3.63, 3.8) is 0 Å². The number of amidine groups is 1. The Kier molecular flexibility index (Phi) is 14.0. The minimum absolute atomic E-state index is 0.0898. The van der Waals surface area contributed by atoms with Crippen LogP contribution in [-0.4, -0.2) is 84.2 Å². The standard InChI is InChI=1S/C21H25N3O2S.C14H10OS.C13H8ClNS/c25-14-16-26-15-13-23-9-11-24(12-10-23)21-17-5-1-3-7-19(17)27-20-8-4-2-6-18(20)22-21;15-12-9-10-5-1-3-7-13(10)16-14-8-4-2-6-11(12)14;14-13-9-5-1-3-7-11(9)16-12-8-4-2-6-10(12)15-13/h1-8,25H,9-16H2;1-8H,9H2;1-8H. The normalized spacial score (nSPS) is 15.2. The van der Waals surface area contributed by atoms with Gasteiger partial charge in [0.1, 0.15) is 11.0 Å². The van der Waals surface area contributed by atoms with Crippen LogP contribution in [0.5, 0.6) is 0 Å². The van der Waals surface area contributed by atoms with Crippen LogP contribution in [-0.2, 0) is 11.2 Å². The van der Waals surface area contributed by atoms with Crippen molar-refractivity contribution in [2.24, 2.45) is 9.98 Å². The number of aliphatic hydroxyl groups is 1. The fraction of sp³-hybridized carbons (Fsp3) is 0.188. The van der Waals surface area contributed by atoms with E-state index in [1.807, 2.05) is 78.9 Å². The smallest absolute Gasteiger partial charge is 0.168 e. The largest absolute Gasteiger partial charge is 0.394 e. The van der Waals surface area contributed by atoms with Gasteiger partial charge in [0, 0.05) is 85.2 Å². The molecule has 0 saturated carbocycles. The van der Waals surface area contributed by atoms with Crippen LogP contribution in [0.4, 0.5) is 11.4 Å². The number of hydrogen-bond acceptors (Lipinski definition) is 10. The molecule has 11 heteroatoms. The molecule has 10 rings (SSSR count). The van der Waals surface area contributed by atoms with Gasteiger partial charge in [-0.3, -0.25) is 9.69 Å². The lowest BCUT2D eigenvalue weighted by molar-refractivity contribution is 0.0652. The molecule has 0 aromatic heterocycles. The minimum atomic E-state index is 0.0898. The molecule has 0 aliphatic carbocycles. The molecule has 0 atom stereocenters. The van der Waals surface area contributed by atoms with E-state index in [4.69, 9.17) is 26.4 Å². The molecule has 1 fully saturated rings. The number of aliphatic hydroxyl groups excluding tert-OH is 1. The number of benzene rings is 6. The van der Waals surface area contributed by atoms with E-state index in [0.29, 0.717) is 24.8 Å². The van der Waals surface area contributed by atoms with E-state index in [0.717, 1.165) is 81.3 Å². The third kappa shape index (κ3) is 10.2. The molecule has 4 aliphatic rings. The number of ketones is 1. The average molecular weight is 856 g/mol. The van der Waals surface area contributed by atoms with E-state index in [1.54, 1.807) is 35.3 Å². The van der Waals surface area contributed by atoms with Crippen molar-refractivity contribution in [3.8, 4) is 0 Å². The zero-order valence-electron chi connectivity index (χ0n) is 32.4. The lowest BCUT2D eigenvalue weighted by Crippen LogP contribution is -2.49. The Morgan fingerprint density at radius 2 is 1.05 bits per heavy atom. The minimum Gasteiger partial charge on any atom is -0.394 e. The molecule has 0 bridgehead atoms. The van der Waals surface area contributed by atoms with E-state index in [2.05, 4.69) is 81.5 Å². The number of halogens is 1. The molecule has 0 radical (unpaired) electrons. The van der Waals surface area contributed by atoms with Gasteiger partial charge in [-0.05, 0) is 54.1 Å². The quantitative estimate of drug-likeness (QED) is 0.172. The zero-order chi connectivity index (χ0) is 40.4. The first-order valence-electron chi connectivity index (χ1n) is 19.6. The second-order valence-electron chi connectivity index (χ2n) is 13.9. The van der Waals surface area contributed by atoms with Crippen molar-refractivity contribution < 1.29 is 14.6 Å². The van der Waals surface area contributed by atoms with Gasteiger partial charge in [0.15, 0.2) is 5.78 Å². The summed E-state index contributed by atoms with van der Waals surface area (Å²) < 4.78 is 5.40. The van der Waals surface area contributed by atoms with Crippen LogP contribution in [0, 0.1) is 0 Å². The molecule has 1 N–H and O–H groups in total. The van der Waals surface area contributed by atoms with Gasteiger partial charge in [-0.15, -0.1) is 0 Å². The van der Waals surface area contributed by atoms with Crippen LogP contribution in [0.25, 0.3) is 0 Å². The Morgan fingerprint density at radius 1 is 0.559 bits per heavy atom. The highest BCUT2D eigenvalue weighted by Crippen LogP contribution is 2.42. The highest BCUT2D eigenvalue weighted by Gasteiger charge is 2.25. The molecule has 7 nitrogen and oxygen atoms in total. The lowest BCUT2D eigenvalue weighted by Gasteiger charge is -2.36. The van der Waals surface area contributed by atoms with Gasteiger partial charge in [-0.1, -0.05) is 144 Å². The third-order valence-electron chi connectivity index (χ3n) is 10.0. The van der Waals surface area contributed by atoms with Crippen molar-refractivity contribution >= 4 is 75.1 Å². The van der Waals surface area contributed by atoms with Crippen LogP contribution >= 0.6 is 46.9 Å². The fourth-order valence-electron chi connectivity index (χ4n) is 7.02. The molecule has 0 unspecified atom stereocenters. The highest BCUT2D eigenvalue weighted by atomic mass is 35.5. The van der Waals surface area contributed by atoms with E-state index in [9.17, 15) is 4.79 Å². The number of para-hydroxylation sites is 2. The van der Waals surface area contributed by atoms with E-state index in [1.165, 1.54) is 20.2 Å². The van der Waals surface area contributed by atoms with Gasteiger partial charge in [-0.25, -0.2) is 9.98 Å². The Hall–Kier alpha value is -4.65. The third-order valence-corrected chi connectivity index (χ3v) is 13.8. The van der Waals surface area contributed by atoms with E-state index < -0.39 is 0 Å². The van der Waals surface area contributed by atoms with Crippen LogP contribution in [0.15, 0.2) is 185 Å². The summed E-state index contributed by atoms with van der Waals surface area (Å²) in [7, 11) is 0. The molecular weight excluding hydrogens is 812 g/mol. The second-order valence-corrected chi connectivity index (χ2v) is 17.5. The highest BCUT2D eigenvalue weighted by molar-refractivity contribution is 8.00. The number of carbonyl (C=O) groups excluding carboxylic acids is 1. The molecule has 4 heterocycles. The molecule has 298 valence electrons. The van der Waals surface area contributed by atoms with Crippen molar-refractivity contribution in [2.75, 3.05) is 52.5 Å². The molecule has 1 saturated heterocycles. The summed E-state index contributed by atoms with van der Waals surface area (Å²) >= 11 is 11.4. The Morgan fingerprint density at radius 3 is 1.71 bits per heavy atom. The average Bonchev–Trinajstić information content (AvgIpc) is 3.61. The lowest BCUT2D eigenvalue weighted by atomic mass is 10.0. The van der Waals surface area contributed by atoms with Crippen LogP contribution in [0.2, 0.25) is 0 Å². The number of hydrogen-bond donors (Lipinski definition) is 1. The number of rotatable bonds is 5. The maximum absolute atomic E-state index is 12.1. The van der Waals surface area contributed by atoms with Crippen LogP contribution in [0.3, 0.4) is 0 Å². The molecular formula is C48H43ClN4O3S3. The summed E-state index contributed by atoms with van der Waals surface area (Å²) in [4.78, 5) is 33.4. The Labute approximate surface area is 363 Å². The monoisotopic (exact) mass is 854 g/mol. The molecule has 59 heavy (non-hydrogen) atoms. The predicted molar refractivity (Wildman–Crippen MR) is 243 cm³/mol. The summed E-state index contributed by atoms with van der Waals surface area (Å²) in [6.07, 6.45) is 0.514. The maximum Gasteiger partial charge on any atom is 0.168 e. The summed E-state index contributed by atoms with van der Waals surface area (Å²) in [5.74, 6) is 1.30. The molecule has 6 aromatic carbocycles. The number of nitrogens with zero attached hydrogens (tertiary/aromatic N) is 4. The summed E-state index contributed by atoms with van der Waals surface area (Å²) in [5, 5.41) is 9.36. The van der Waals surface area contributed by atoms with Crippen molar-refractivity contribution in [1.82, 2.24) is 9.80 Å².